The van der Waals surface area contributed by atoms with Gasteiger partial charge >= 0.3 is 0 Å². The van der Waals surface area contributed by atoms with Crippen molar-refractivity contribution in [1.29, 1.82) is 0 Å². The summed E-state index contributed by atoms with van der Waals surface area (Å²) in [6.07, 6.45) is 0.161. The zero-order chi connectivity index (χ0) is 7.49. The molecule has 0 aliphatic rings. The lowest BCUT2D eigenvalue weighted by atomic mass is 9.94. The van der Waals surface area contributed by atoms with Crippen LogP contribution in [-0.4, -0.2) is 22.0 Å². The fourth-order valence-corrected chi connectivity index (χ4v) is 0.468. The van der Waals surface area contributed by atoms with Gasteiger partial charge in [-0.05, 0) is 20.3 Å². The molecule has 56 valence electrons. The molecule has 0 amide bonds. The van der Waals surface area contributed by atoms with Gasteiger partial charge in [0.15, 0.2) is 0 Å². The maximum atomic E-state index is 9.05. The molecule has 0 bridgehead atoms. The van der Waals surface area contributed by atoms with Crippen molar-refractivity contribution in [2.24, 2.45) is 0 Å². The van der Waals surface area contributed by atoms with Crippen LogP contribution in [0.15, 0.2) is 0 Å². The number of hydrogen-bond donors (Lipinski definition) is 3. The molecule has 2 unspecified atom stereocenters. The largest absolute Gasteiger partial charge is 0.391 e. The molecule has 3 N–H and O–H groups in total. The first kappa shape index (κ1) is 8.88. The molecule has 2 atom stereocenters. The van der Waals surface area contributed by atoms with Crippen LogP contribution < -0.4 is 5.48 Å². The van der Waals surface area contributed by atoms with E-state index in [1.54, 1.807) is 13.8 Å². The van der Waals surface area contributed by atoms with Crippen molar-refractivity contribution in [3.05, 3.63) is 0 Å². The van der Waals surface area contributed by atoms with E-state index in [2.05, 4.69) is 5.48 Å². The van der Waals surface area contributed by atoms with Gasteiger partial charge in [0.2, 0.25) is 0 Å². The van der Waals surface area contributed by atoms with E-state index in [0.717, 1.165) is 0 Å². The second-order valence-electron chi connectivity index (χ2n) is 2.56. The lowest BCUT2D eigenvalue weighted by Crippen LogP contribution is -2.48. The molecule has 3 heteroatoms. The van der Waals surface area contributed by atoms with Crippen molar-refractivity contribution in [3.8, 4) is 0 Å². The van der Waals surface area contributed by atoms with Gasteiger partial charge in [0.1, 0.15) is 0 Å². The van der Waals surface area contributed by atoms with Crippen LogP contribution in [0.4, 0.5) is 0 Å². The van der Waals surface area contributed by atoms with Crippen molar-refractivity contribution >= 4 is 0 Å². The normalized spacial score (nSPS) is 21.0. The minimum atomic E-state index is -0.556. The monoisotopic (exact) mass is 133 g/mol. The van der Waals surface area contributed by atoms with Gasteiger partial charge in [-0.15, -0.1) is 0 Å². The molecule has 0 spiro atoms. The molecule has 0 radical (unpaired) electrons. The van der Waals surface area contributed by atoms with Crippen LogP contribution in [-0.2, 0) is 0 Å². The zero-order valence-electron chi connectivity index (χ0n) is 6.18. The van der Waals surface area contributed by atoms with Crippen LogP contribution in [0.2, 0.25) is 0 Å². The van der Waals surface area contributed by atoms with Gasteiger partial charge in [-0.25, -0.2) is 0 Å². The third-order valence-corrected chi connectivity index (χ3v) is 1.91. The van der Waals surface area contributed by atoms with Crippen LogP contribution in [0.3, 0.4) is 0 Å². The van der Waals surface area contributed by atoms with Crippen molar-refractivity contribution in [2.45, 2.75) is 38.8 Å². The maximum Gasteiger partial charge on any atom is 0.0713 e. The summed E-state index contributed by atoms with van der Waals surface area (Å²) in [4.78, 5) is 0. The van der Waals surface area contributed by atoms with Crippen LogP contribution in [0.5, 0.6) is 0 Å². The van der Waals surface area contributed by atoms with Gasteiger partial charge in [0.25, 0.3) is 0 Å². The van der Waals surface area contributed by atoms with E-state index in [9.17, 15) is 0 Å². The first-order chi connectivity index (χ1) is 4.06. The summed E-state index contributed by atoms with van der Waals surface area (Å²) in [6, 6.07) is 0. The summed E-state index contributed by atoms with van der Waals surface area (Å²) < 4.78 is 0. The number of nitrogens with one attached hydrogen (secondary N) is 1. The Morgan fingerprint density at radius 3 is 2.11 bits per heavy atom. The van der Waals surface area contributed by atoms with Crippen LogP contribution in [0, 0.1) is 0 Å². The van der Waals surface area contributed by atoms with Crippen molar-refractivity contribution in [3.63, 3.8) is 0 Å². The van der Waals surface area contributed by atoms with E-state index in [1.807, 2.05) is 6.92 Å². The molecule has 0 aliphatic carbocycles. The molecule has 0 saturated heterocycles. The Hall–Kier alpha value is -0.120. The predicted octanol–water partition coefficient (Wildman–Crippen LogP) is 0.515. The predicted molar refractivity (Wildman–Crippen MR) is 35.3 cm³/mol. The smallest absolute Gasteiger partial charge is 0.0713 e. The molecule has 9 heavy (non-hydrogen) atoms. The number of hydroxylamine groups is 1. The molecule has 3 nitrogen and oxygen atoms in total. The first-order valence-corrected chi connectivity index (χ1v) is 3.16. The Balaban J connectivity index is 3.92. The number of hydrogen-bond acceptors (Lipinski definition) is 3. The van der Waals surface area contributed by atoms with Gasteiger partial charge in [-0.2, -0.15) is 5.48 Å². The van der Waals surface area contributed by atoms with E-state index in [0.29, 0.717) is 6.42 Å². The molecular weight excluding hydrogens is 118 g/mol. The van der Waals surface area contributed by atoms with Gasteiger partial charge in [0.05, 0.1) is 11.6 Å². The third kappa shape index (κ3) is 1.93. The molecule has 0 aromatic carbocycles. The number of aliphatic hydroxyl groups is 1. The highest BCUT2D eigenvalue weighted by Gasteiger charge is 2.26. The lowest BCUT2D eigenvalue weighted by molar-refractivity contribution is -0.0125. The highest BCUT2D eigenvalue weighted by Crippen LogP contribution is 2.12. The van der Waals surface area contributed by atoms with Crippen LogP contribution >= 0.6 is 0 Å². The second-order valence-corrected chi connectivity index (χ2v) is 2.56. The molecule has 0 aliphatic heterocycles. The highest BCUT2D eigenvalue weighted by molar-refractivity contribution is 4.82. The number of aliphatic hydroxyl groups excluding tert-OH is 1. The fourth-order valence-electron chi connectivity index (χ4n) is 0.468. The van der Waals surface area contributed by atoms with Gasteiger partial charge in [-0.3, -0.25) is 0 Å². The summed E-state index contributed by atoms with van der Waals surface area (Å²) in [6.45, 7) is 5.31. The van der Waals surface area contributed by atoms with E-state index in [-0.39, 0.29) is 0 Å². The summed E-state index contributed by atoms with van der Waals surface area (Å²) in [5, 5.41) is 17.6. The third-order valence-electron chi connectivity index (χ3n) is 1.91. The topological polar surface area (TPSA) is 52.5 Å². The first-order valence-electron chi connectivity index (χ1n) is 3.16. The Bertz CT molecular complexity index is 79.1. The Kier molecular flexibility index (Phi) is 3.11. The molecule has 0 heterocycles. The molecule has 0 aromatic rings. The van der Waals surface area contributed by atoms with Crippen LogP contribution in [0.25, 0.3) is 0 Å². The minimum absolute atomic E-state index is 0.535. The quantitative estimate of drug-likeness (QED) is 0.492. The second kappa shape index (κ2) is 3.15. The lowest BCUT2D eigenvalue weighted by Gasteiger charge is -2.29. The zero-order valence-corrected chi connectivity index (χ0v) is 6.18. The van der Waals surface area contributed by atoms with Crippen molar-refractivity contribution < 1.29 is 10.3 Å². The van der Waals surface area contributed by atoms with Gasteiger partial charge < -0.3 is 10.3 Å². The summed E-state index contributed by atoms with van der Waals surface area (Å²) in [5.41, 5.74) is 1.52. The van der Waals surface area contributed by atoms with E-state index in [4.69, 9.17) is 10.3 Å². The Labute approximate surface area is 55.7 Å². The summed E-state index contributed by atoms with van der Waals surface area (Å²) >= 11 is 0. The van der Waals surface area contributed by atoms with Gasteiger partial charge in [0, 0.05) is 0 Å². The van der Waals surface area contributed by atoms with Crippen LogP contribution in [0.1, 0.15) is 27.2 Å². The average molecular weight is 133 g/mol. The SMILES string of the molecule is CCC(C)(NO)C(C)O. The maximum absolute atomic E-state index is 9.05. The van der Waals surface area contributed by atoms with E-state index in [1.165, 1.54) is 0 Å². The standard InChI is InChI=1S/C6H15NO2/c1-4-6(3,7-9)5(2)8/h5,7-9H,4H2,1-3H3. The van der Waals surface area contributed by atoms with Crippen molar-refractivity contribution in [2.75, 3.05) is 0 Å². The molecule has 0 aromatic heterocycles. The average Bonchev–Trinajstić information content (AvgIpc) is 1.86. The minimum Gasteiger partial charge on any atom is -0.391 e. The highest BCUT2D eigenvalue weighted by atomic mass is 16.5. The van der Waals surface area contributed by atoms with E-state index >= 15 is 0 Å². The molecule has 0 rings (SSSR count). The van der Waals surface area contributed by atoms with Crippen molar-refractivity contribution in [1.82, 2.24) is 5.48 Å². The summed E-state index contributed by atoms with van der Waals surface area (Å²) in [7, 11) is 0. The molecule has 0 fully saturated rings. The van der Waals surface area contributed by atoms with E-state index < -0.39 is 11.6 Å². The summed E-state index contributed by atoms with van der Waals surface area (Å²) in [5.74, 6) is 0. The Morgan fingerprint density at radius 2 is 2.11 bits per heavy atom. The number of rotatable bonds is 3. The Morgan fingerprint density at radius 1 is 1.67 bits per heavy atom. The fraction of sp³-hybridized carbons (Fsp3) is 1.00. The molecular formula is C6H15NO2. The van der Waals surface area contributed by atoms with Gasteiger partial charge in [-0.1, -0.05) is 6.92 Å². The molecule has 0 saturated carbocycles.